The number of carbonyl (C=O) groups is 2. The zero-order valence-electron chi connectivity index (χ0n) is 21.0. The molecule has 10 heteroatoms. The Morgan fingerprint density at radius 2 is 2.00 bits per heavy atom. The molecule has 1 fully saturated rings. The van der Waals surface area contributed by atoms with Gasteiger partial charge in [-0.2, -0.15) is 0 Å². The Morgan fingerprint density at radius 1 is 1.16 bits per heavy atom. The molecule has 4 heterocycles. The SMILES string of the molecule is CC(C)C(=O)N1Cc2ncnc(Oc3ccc4c(ccn4C(=O)Nc4cc(C5CC5)on4)c3)c2C[C@@H]1C. The number of hydrogen-bond acceptors (Lipinski definition) is 7. The van der Waals surface area contributed by atoms with Gasteiger partial charge in [0.25, 0.3) is 0 Å². The fourth-order valence-corrected chi connectivity index (χ4v) is 4.76. The Balaban J connectivity index is 1.20. The minimum Gasteiger partial charge on any atom is -0.439 e. The van der Waals surface area contributed by atoms with Crippen molar-refractivity contribution in [1.82, 2.24) is 24.6 Å². The van der Waals surface area contributed by atoms with E-state index in [1.807, 2.05) is 49.9 Å². The summed E-state index contributed by atoms with van der Waals surface area (Å²) in [6.45, 7) is 6.29. The highest BCUT2D eigenvalue weighted by Gasteiger charge is 2.31. The first-order valence-electron chi connectivity index (χ1n) is 12.6. The van der Waals surface area contributed by atoms with Crippen LogP contribution in [-0.2, 0) is 17.8 Å². The molecule has 1 aliphatic carbocycles. The third-order valence-electron chi connectivity index (χ3n) is 6.96. The fourth-order valence-electron chi connectivity index (χ4n) is 4.76. The van der Waals surface area contributed by atoms with Gasteiger partial charge in [-0.15, -0.1) is 0 Å². The minimum atomic E-state index is -0.321. The van der Waals surface area contributed by atoms with Gasteiger partial charge in [-0.3, -0.25) is 14.7 Å². The van der Waals surface area contributed by atoms with Gasteiger partial charge < -0.3 is 14.2 Å². The highest BCUT2D eigenvalue weighted by molar-refractivity contribution is 5.98. The monoisotopic (exact) mass is 500 g/mol. The molecule has 4 aromatic rings. The Hall–Kier alpha value is -4.21. The van der Waals surface area contributed by atoms with E-state index in [9.17, 15) is 9.59 Å². The largest absolute Gasteiger partial charge is 0.439 e. The molecule has 0 radical (unpaired) electrons. The van der Waals surface area contributed by atoms with E-state index in [4.69, 9.17) is 9.26 Å². The van der Waals surface area contributed by atoms with Crippen molar-refractivity contribution >= 4 is 28.7 Å². The summed E-state index contributed by atoms with van der Waals surface area (Å²) in [5.41, 5.74) is 2.45. The van der Waals surface area contributed by atoms with Crippen molar-refractivity contribution < 1.29 is 18.8 Å². The molecule has 0 bridgehead atoms. The molecule has 0 spiro atoms. The van der Waals surface area contributed by atoms with Gasteiger partial charge >= 0.3 is 6.03 Å². The minimum absolute atomic E-state index is 0.0239. The number of anilines is 1. The van der Waals surface area contributed by atoms with E-state index in [1.165, 1.54) is 10.9 Å². The lowest BCUT2D eigenvalue weighted by Crippen LogP contribution is -2.44. The topological polar surface area (TPSA) is 115 Å². The van der Waals surface area contributed by atoms with E-state index in [0.29, 0.717) is 36.3 Å². The number of fused-ring (bicyclic) bond motifs is 2. The number of hydrogen-bond donors (Lipinski definition) is 1. The molecule has 2 aliphatic rings. The summed E-state index contributed by atoms with van der Waals surface area (Å²) in [5.74, 6) is 2.78. The molecule has 3 aromatic heterocycles. The van der Waals surface area contributed by atoms with E-state index in [1.54, 1.807) is 12.3 Å². The summed E-state index contributed by atoms with van der Waals surface area (Å²) in [4.78, 5) is 36.2. The summed E-state index contributed by atoms with van der Waals surface area (Å²) in [5, 5.41) is 7.60. The first kappa shape index (κ1) is 23.2. The molecule has 1 atom stereocenters. The third-order valence-corrected chi connectivity index (χ3v) is 6.96. The predicted octanol–water partition coefficient (Wildman–Crippen LogP) is 5.10. The smallest absolute Gasteiger partial charge is 0.331 e. The van der Waals surface area contributed by atoms with Gasteiger partial charge in [0.1, 0.15) is 17.8 Å². The van der Waals surface area contributed by atoms with Gasteiger partial charge in [0.05, 0.1) is 17.8 Å². The Kier molecular flexibility index (Phi) is 5.66. The second-order valence-corrected chi connectivity index (χ2v) is 10.1. The van der Waals surface area contributed by atoms with Crippen LogP contribution in [0.2, 0.25) is 0 Å². The zero-order chi connectivity index (χ0) is 25.7. The van der Waals surface area contributed by atoms with E-state index in [2.05, 4.69) is 20.4 Å². The molecular formula is C27H28N6O4. The van der Waals surface area contributed by atoms with E-state index in [-0.39, 0.29) is 23.9 Å². The molecule has 1 aliphatic heterocycles. The second-order valence-electron chi connectivity index (χ2n) is 10.1. The van der Waals surface area contributed by atoms with Crippen molar-refractivity contribution in [3.63, 3.8) is 0 Å². The highest BCUT2D eigenvalue weighted by Crippen LogP contribution is 2.40. The van der Waals surface area contributed by atoms with Crippen molar-refractivity contribution in [2.24, 2.45) is 5.92 Å². The van der Waals surface area contributed by atoms with Gasteiger partial charge in [0, 0.05) is 41.1 Å². The quantitative estimate of drug-likeness (QED) is 0.405. The van der Waals surface area contributed by atoms with Crippen LogP contribution >= 0.6 is 0 Å². The van der Waals surface area contributed by atoms with Crippen LogP contribution in [0.1, 0.15) is 56.5 Å². The highest BCUT2D eigenvalue weighted by atomic mass is 16.5. The molecule has 1 N–H and O–H groups in total. The lowest BCUT2D eigenvalue weighted by molar-refractivity contribution is -0.137. The molecule has 190 valence electrons. The molecular weight excluding hydrogens is 472 g/mol. The van der Waals surface area contributed by atoms with Crippen LogP contribution in [0.5, 0.6) is 11.6 Å². The average molecular weight is 501 g/mol. The first-order valence-corrected chi connectivity index (χ1v) is 12.6. The summed E-state index contributed by atoms with van der Waals surface area (Å²) in [6, 6.07) is 8.86. The van der Waals surface area contributed by atoms with Crippen LogP contribution in [0.25, 0.3) is 10.9 Å². The van der Waals surface area contributed by atoms with Crippen molar-refractivity contribution in [2.75, 3.05) is 5.32 Å². The zero-order valence-corrected chi connectivity index (χ0v) is 21.0. The van der Waals surface area contributed by atoms with Gasteiger partial charge in [-0.05, 0) is 50.5 Å². The second kappa shape index (κ2) is 9.02. The van der Waals surface area contributed by atoms with Gasteiger partial charge in [0.2, 0.25) is 11.8 Å². The number of amides is 2. The normalized spacial score (nSPS) is 17.2. The lowest BCUT2D eigenvalue weighted by Gasteiger charge is -2.35. The maximum atomic E-state index is 12.9. The number of nitrogens with zero attached hydrogens (tertiary/aromatic N) is 5. The van der Waals surface area contributed by atoms with Crippen LogP contribution in [-0.4, -0.2) is 42.6 Å². The van der Waals surface area contributed by atoms with Gasteiger partial charge in [-0.25, -0.2) is 14.8 Å². The Labute approximate surface area is 213 Å². The number of benzene rings is 1. The summed E-state index contributed by atoms with van der Waals surface area (Å²) in [7, 11) is 0. The van der Waals surface area contributed by atoms with E-state index >= 15 is 0 Å². The number of ether oxygens (including phenoxy) is 1. The van der Waals surface area contributed by atoms with Crippen molar-refractivity contribution in [3.8, 4) is 11.6 Å². The fraction of sp³-hybridized carbons (Fsp3) is 0.370. The molecule has 2 amide bonds. The number of nitrogens with one attached hydrogen (secondary N) is 1. The van der Waals surface area contributed by atoms with E-state index in [0.717, 1.165) is 40.8 Å². The van der Waals surface area contributed by atoms with Gasteiger partial charge in [0.15, 0.2) is 5.82 Å². The summed E-state index contributed by atoms with van der Waals surface area (Å²) < 4.78 is 13.0. The third kappa shape index (κ3) is 4.43. The lowest BCUT2D eigenvalue weighted by atomic mass is 9.98. The Bertz CT molecular complexity index is 1500. The van der Waals surface area contributed by atoms with E-state index < -0.39 is 0 Å². The summed E-state index contributed by atoms with van der Waals surface area (Å²) >= 11 is 0. The number of carbonyl (C=O) groups excluding carboxylic acids is 2. The van der Waals surface area contributed by atoms with Crippen molar-refractivity contribution in [3.05, 3.63) is 59.9 Å². The van der Waals surface area contributed by atoms with Crippen molar-refractivity contribution in [2.45, 2.75) is 58.5 Å². The molecule has 0 saturated heterocycles. The number of aromatic nitrogens is 4. The van der Waals surface area contributed by atoms with Crippen LogP contribution in [0, 0.1) is 5.92 Å². The molecule has 10 nitrogen and oxygen atoms in total. The molecule has 37 heavy (non-hydrogen) atoms. The maximum Gasteiger partial charge on any atom is 0.331 e. The molecule has 1 aromatic carbocycles. The summed E-state index contributed by atoms with van der Waals surface area (Å²) in [6.07, 6.45) is 6.00. The maximum absolute atomic E-state index is 12.9. The Morgan fingerprint density at radius 3 is 2.78 bits per heavy atom. The van der Waals surface area contributed by atoms with Crippen molar-refractivity contribution in [1.29, 1.82) is 0 Å². The number of rotatable bonds is 5. The van der Waals surface area contributed by atoms with Gasteiger partial charge in [-0.1, -0.05) is 19.0 Å². The van der Waals surface area contributed by atoms with Crippen LogP contribution in [0.4, 0.5) is 10.6 Å². The average Bonchev–Trinajstić information content (AvgIpc) is 3.48. The van der Waals surface area contributed by atoms with Crippen LogP contribution < -0.4 is 10.1 Å². The standard InChI is InChI=1S/C27H28N6O4/c1-15(2)26(34)33-13-21-20(10-16(33)3)25(29-14-28-21)36-19-6-7-22-18(11-19)8-9-32(22)27(35)30-24-12-23(37-31-24)17-4-5-17/h6-9,11-12,14-17H,4-5,10,13H2,1-3H3,(H,30,31,35)/t16-/m0/s1. The predicted molar refractivity (Wildman–Crippen MR) is 135 cm³/mol. The van der Waals surface area contributed by atoms with Crippen LogP contribution in [0.3, 0.4) is 0 Å². The van der Waals surface area contributed by atoms with Crippen LogP contribution in [0.15, 0.2) is 47.4 Å². The molecule has 0 unspecified atom stereocenters. The first-order chi connectivity index (χ1) is 17.9. The molecule has 6 rings (SSSR count). The molecule has 1 saturated carbocycles.